The van der Waals surface area contributed by atoms with Gasteiger partial charge in [-0.05, 0) is 31.5 Å². The maximum atomic E-state index is 13.6. The number of aromatic amines is 1. The Morgan fingerprint density at radius 1 is 1.39 bits per heavy atom. The Balaban J connectivity index is 2.44. The molecule has 0 amide bonds. The molecule has 2 rings (SSSR count). The van der Waals surface area contributed by atoms with Gasteiger partial charge in [-0.3, -0.25) is 0 Å². The summed E-state index contributed by atoms with van der Waals surface area (Å²) in [6, 6.07) is 3.30. The highest BCUT2D eigenvalue weighted by atomic mass is 19.1. The Bertz CT molecular complexity index is 561. The number of halogens is 2. The van der Waals surface area contributed by atoms with Crippen molar-refractivity contribution in [1.82, 2.24) is 9.97 Å². The van der Waals surface area contributed by atoms with Crippen LogP contribution >= 0.6 is 0 Å². The number of aromatic nitrogens is 2. The van der Waals surface area contributed by atoms with Gasteiger partial charge >= 0.3 is 0 Å². The number of nitrogens with one attached hydrogen (secondary N) is 1. The highest BCUT2D eigenvalue weighted by molar-refractivity contribution is 5.59. The van der Waals surface area contributed by atoms with Gasteiger partial charge in [0.05, 0.1) is 17.4 Å². The van der Waals surface area contributed by atoms with Gasteiger partial charge in [0.1, 0.15) is 17.5 Å². The fourth-order valence-electron chi connectivity index (χ4n) is 1.62. The van der Waals surface area contributed by atoms with E-state index >= 15 is 0 Å². The van der Waals surface area contributed by atoms with E-state index in [2.05, 4.69) is 9.97 Å². The molecule has 0 bridgehead atoms. The van der Waals surface area contributed by atoms with Gasteiger partial charge in [0, 0.05) is 5.56 Å². The van der Waals surface area contributed by atoms with Crippen LogP contribution in [0.25, 0.3) is 11.3 Å². The Morgan fingerprint density at radius 3 is 2.78 bits per heavy atom. The van der Waals surface area contributed by atoms with E-state index in [0.717, 1.165) is 18.2 Å². The van der Waals surface area contributed by atoms with Crippen molar-refractivity contribution >= 4 is 0 Å². The van der Waals surface area contributed by atoms with Crippen molar-refractivity contribution in [3.63, 3.8) is 0 Å². The van der Waals surface area contributed by atoms with E-state index in [-0.39, 0.29) is 5.56 Å². The van der Waals surface area contributed by atoms with Crippen molar-refractivity contribution in [2.75, 3.05) is 0 Å². The maximum absolute atomic E-state index is 13.6. The van der Waals surface area contributed by atoms with Crippen molar-refractivity contribution in [2.45, 2.75) is 25.8 Å². The summed E-state index contributed by atoms with van der Waals surface area (Å²) in [5.41, 5.74) is 6.00. The molecule has 3 N–H and O–H groups in total. The zero-order valence-corrected chi connectivity index (χ0v) is 10.3. The number of imidazole rings is 1. The summed E-state index contributed by atoms with van der Waals surface area (Å²) >= 11 is 0. The lowest BCUT2D eigenvalue weighted by Gasteiger charge is -2.19. The molecule has 0 fully saturated rings. The number of H-pyrrole nitrogens is 1. The monoisotopic (exact) mass is 251 g/mol. The maximum Gasteiger partial charge on any atom is 0.132 e. The minimum Gasteiger partial charge on any atom is -0.340 e. The fraction of sp³-hybridized carbons (Fsp3) is 0.308. The van der Waals surface area contributed by atoms with Crippen molar-refractivity contribution in [3.8, 4) is 11.3 Å². The molecule has 1 aromatic heterocycles. The molecule has 1 heterocycles. The first-order valence-electron chi connectivity index (χ1n) is 5.74. The van der Waals surface area contributed by atoms with E-state index in [9.17, 15) is 8.78 Å². The van der Waals surface area contributed by atoms with Crippen LogP contribution in [-0.4, -0.2) is 9.97 Å². The summed E-state index contributed by atoms with van der Waals surface area (Å²) in [5, 5.41) is 0. The quantitative estimate of drug-likeness (QED) is 0.881. The van der Waals surface area contributed by atoms with E-state index in [1.54, 1.807) is 0 Å². The van der Waals surface area contributed by atoms with Gasteiger partial charge in [-0.2, -0.15) is 0 Å². The molecule has 0 saturated heterocycles. The molecule has 0 aliphatic heterocycles. The molecule has 0 aliphatic carbocycles. The Morgan fingerprint density at radius 2 is 2.11 bits per heavy atom. The summed E-state index contributed by atoms with van der Waals surface area (Å²) in [5.74, 6) is -0.431. The first-order valence-corrected chi connectivity index (χ1v) is 5.74. The lowest BCUT2D eigenvalue weighted by Crippen LogP contribution is -2.33. The van der Waals surface area contributed by atoms with Gasteiger partial charge in [-0.25, -0.2) is 13.8 Å². The van der Waals surface area contributed by atoms with Crippen LogP contribution < -0.4 is 5.73 Å². The molecule has 0 saturated carbocycles. The van der Waals surface area contributed by atoms with Gasteiger partial charge in [-0.15, -0.1) is 0 Å². The van der Waals surface area contributed by atoms with E-state index in [0.29, 0.717) is 17.9 Å². The third-order valence-electron chi connectivity index (χ3n) is 3.07. The number of hydrogen-bond acceptors (Lipinski definition) is 2. The van der Waals surface area contributed by atoms with E-state index in [1.807, 2.05) is 13.8 Å². The second kappa shape index (κ2) is 4.49. The highest BCUT2D eigenvalue weighted by Crippen LogP contribution is 2.25. The van der Waals surface area contributed by atoms with Crippen LogP contribution in [0, 0.1) is 11.6 Å². The zero-order valence-electron chi connectivity index (χ0n) is 10.3. The van der Waals surface area contributed by atoms with Crippen LogP contribution in [0.15, 0.2) is 24.4 Å². The SMILES string of the molecule is CCC(C)(N)c1ncc(-c2cc(F)ccc2F)[nH]1. The van der Waals surface area contributed by atoms with Crippen LogP contribution in [0.5, 0.6) is 0 Å². The zero-order chi connectivity index (χ0) is 13.3. The molecule has 1 aromatic carbocycles. The van der Waals surface area contributed by atoms with Gasteiger partial charge in [0.15, 0.2) is 0 Å². The summed E-state index contributed by atoms with van der Waals surface area (Å²) < 4.78 is 26.7. The lowest BCUT2D eigenvalue weighted by atomic mass is 10.00. The van der Waals surface area contributed by atoms with Crippen LogP contribution in [0.4, 0.5) is 8.78 Å². The molecule has 5 heteroatoms. The molecular formula is C13H15F2N3. The minimum atomic E-state index is -0.609. The predicted octanol–water partition coefficient (Wildman–Crippen LogP) is 2.94. The Labute approximate surface area is 104 Å². The second-order valence-corrected chi connectivity index (χ2v) is 4.54. The van der Waals surface area contributed by atoms with Crippen molar-refractivity contribution < 1.29 is 8.78 Å². The van der Waals surface area contributed by atoms with Crippen molar-refractivity contribution in [3.05, 3.63) is 41.9 Å². The van der Waals surface area contributed by atoms with Gasteiger partial charge < -0.3 is 10.7 Å². The standard InChI is InChI=1S/C13H15F2N3/c1-3-13(2,16)12-17-7-11(18-12)9-6-8(14)4-5-10(9)15/h4-7H,3,16H2,1-2H3,(H,17,18). The third kappa shape index (κ3) is 2.26. The van der Waals surface area contributed by atoms with Gasteiger partial charge in [-0.1, -0.05) is 6.92 Å². The van der Waals surface area contributed by atoms with E-state index < -0.39 is 17.2 Å². The van der Waals surface area contributed by atoms with Crippen molar-refractivity contribution in [2.24, 2.45) is 5.73 Å². The molecular weight excluding hydrogens is 236 g/mol. The number of rotatable bonds is 3. The van der Waals surface area contributed by atoms with Crippen molar-refractivity contribution in [1.29, 1.82) is 0 Å². The topological polar surface area (TPSA) is 54.7 Å². The summed E-state index contributed by atoms with van der Waals surface area (Å²) in [6.45, 7) is 3.77. The highest BCUT2D eigenvalue weighted by Gasteiger charge is 2.23. The molecule has 96 valence electrons. The third-order valence-corrected chi connectivity index (χ3v) is 3.07. The molecule has 0 aliphatic rings. The normalized spacial score (nSPS) is 14.5. The lowest BCUT2D eigenvalue weighted by molar-refractivity contribution is 0.450. The van der Waals surface area contributed by atoms with Crippen LogP contribution in [0.2, 0.25) is 0 Å². The molecule has 1 unspecified atom stereocenters. The minimum absolute atomic E-state index is 0.153. The largest absolute Gasteiger partial charge is 0.340 e. The Kier molecular flexibility index (Phi) is 3.17. The first-order chi connectivity index (χ1) is 8.44. The van der Waals surface area contributed by atoms with Gasteiger partial charge in [0.25, 0.3) is 0 Å². The second-order valence-electron chi connectivity index (χ2n) is 4.54. The predicted molar refractivity (Wildman–Crippen MR) is 65.8 cm³/mol. The molecule has 1 atom stereocenters. The van der Waals surface area contributed by atoms with E-state index in [4.69, 9.17) is 5.73 Å². The first kappa shape index (κ1) is 12.7. The number of hydrogen-bond donors (Lipinski definition) is 2. The van der Waals surface area contributed by atoms with Crippen LogP contribution in [0.1, 0.15) is 26.1 Å². The van der Waals surface area contributed by atoms with Crippen LogP contribution in [-0.2, 0) is 5.54 Å². The molecule has 0 spiro atoms. The smallest absolute Gasteiger partial charge is 0.132 e. The number of benzene rings is 1. The summed E-state index contributed by atoms with van der Waals surface area (Å²) in [6.07, 6.45) is 2.15. The summed E-state index contributed by atoms with van der Waals surface area (Å²) in [4.78, 5) is 7.08. The summed E-state index contributed by atoms with van der Waals surface area (Å²) in [7, 11) is 0. The number of nitrogens with two attached hydrogens (primary N) is 1. The van der Waals surface area contributed by atoms with Gasteiger partial charge in [0.2, 0.25) is 0 Å². The molecule has 18 heavy (non-hydrogen) atoms. The van der Waals surface area contributed by atoms with Crippen LogP contribution in [0.3, 0.4) is 0 Å². The average Bonchev–Trinajstić information content (AvgIpc) is 2.82. The molecule has 0 radical (unpaired) electrons. The fourth-order valence-corrected chi connectivity index (χ4v) is 1.62. The average molecular weight is 251 g/mol. The number of nitrogens with zero attached hydrogens (tertiary/aromatic N) is 1. The molecule has 3 nitrogen and oxygen atoms in total. The molecule has 2 aromatic rings. The Hall–Kier alpha value is -1.75. The van der Waals surface area contributed by atoms with E-state index in [1.165, 1.54) is 6.20 Å².